The fourth-order valence-corrected chi connectivity index (χ4v) is 2.63. The largest absolute Gasteiger partial charge is 0.497 e. The second-order valence-corrected chi connectivity index (χ2v) is 6.14. The lowest BCUT2D eigenvalue weighted by Crippen LogP contribution is -2.24. The normalized spacial score (nSPS) is 11.2. The lowest BCUT2D eigenvalue weighted by atomic mass is 10.2. The van der Waals surface area contributed by atoms with E-state index in [1.54, 1.807) is 48.5 Å². The Balaban J connectivity index is 2.24. The molecule has 0 aliphatic rings. The van der Waals surface area contributed by atoms with Crippen molar-refractivity contribution in [1.29, 1.82) is 0 Å². The van der Waals surface area contributed by atoms with Crippen LogP contribution >= 0.6 is 7.60 Å². The van der Waals surface area contributed by atoms with Crippen LogP contribution in [-0.2, 0) is 11.1 Å². The van der Waals surface area contributed by atoms with Crippen molar-refractivity contribution in [2.24, 2.45) is 0 Å². The Kier molecular flexibility index (Phi) is 4.96. The summed E-state index contributed by atoms with van der Waals surface area (Å²) in [6.45, 7) is 0.318. The zero-order valence-electron chi connectivity index (χ0n) is 11.6. The molecule has 0 unspecified atom stereocenters. The average Bonchev–Trinajstić information content (AvgIpc) is 2.46. The SMILES string of the molecule is COc1ccc(N(Cc2ccccn2)CP(=O)(O)O)cc1. The molecule has 6 nitrogen and oxygen atoms in total. The number of aromatic nitrogens is 1. The molecule has 0 aliphatic carbocycles. The van der Waals surface area contributed by atoms with Gasteiger partial charge in [0.05, 0.1) is 19.3 Å². The number of ether oxygens (including phenoxy) is 1. The van der Waals surface area contributed by atoms with E-state index in [1.807, 2.05) is 12.1 Å². The number of benzene rings is 1. The van der Waals surface area contributed by atoms with Crippen molar-refractivity contribution >= 4 is 13.3 Å². The number of methoxy groups -OCH3 is 1. The summed E-state index contributed by atoms with van der Waals surface area (Å²) in [6.07, 6.45) is 1.29. The second-order valence-electron chi connectivity index (χ2n) is 4.52. The van der Waals surface area contributed by atoms with Gasteiger partial charge in [0.25, 0.3) is 0 Å². The monoisotopic (exact) mass is 308 g/mol. The fraction of sp³-hybridized carbons (Fsp3) is 0.214. The maximum absolute atomic E-state index is 11.3. The van der Waals surface area contributed by atoms with Gasteiger partial charge >= 0.3 is 7.60 Å². The molecule has 0 saturated heterocycles. The number of hydrogen-bond donors (Lipinski definition) is 2. The van der Waals surface area contributed by atoms with Gasteiger partial charge < -0.3 is 19.4 Å². The molecule has 0 aliphatic heterocycles. The minimum Gasteiger partial charge on any atom is -0.497 e. The third-order valence-corrected chi connectivity index (χ3v) is 3.58. The lowest BCUT2D eigenvalue weighted by Gasteiger charge is -2.25. The number of pyridine rings is 1. The van der Waals surface area contributed by atoms with Gasteiger partial charge in [-0.15, -0.1) is 0 Å². The highest BCUT2D eigenvalue weighted by Crippen LogP contribution is 2.37. The predicted octanol–water partition coefficient (Wildman–Crippen LogP) is 2.23. The quantitative estimate of drug-likeness (QED) is 0.796. The summed E-state index contributed by atoms with van der Waals surface area (Å²) < 4.78 is 16.4. The van der Waals surface area contributed by atoms with E-state index >= 15 is 0 Å². The molecule has 0 saturated carbocycles. The van der Waals surface area contributed by atoms with Gasteiger partial charge in [0.1, 0.15) is 12.0 Å². The van der Waals surface area contributed by atoms with Crippen LogP contribution in [-0.4, -0.2) is 28.2 Å². The first-order valence-corrected chi connectivity index (χ1v) is 8.11. The number of nitrogens with zero attached hydrogens (tertiary/aromatic N) is 2. The maximum Gasteiger partial charge on any atom is 0.344 e. The number of hydrogen-bond acceptors (Lipinski definition) is 4. The molecule has 0 atom stereocenters. The first-order chi connectivity index (χ1) is 9.98. The topological polar surface area (TPSA) is 82.9 Å². The van der Waals surface area contributed by atoms with Crippen molar-refractivity contribution in [3.63, 3.8) is 0 Å². The summed E-state index contributed by atoms with van der Waals surface area (Å²) in [7, 11) is -2.61. The van der Waals surface area contributed by atoms with Gasteiger partial charge in [-0.05, 0) is 36.4 Å². The Morgan fingerprint density at radius 1 is 1.19 bits per heavy atom. The van der Waals surface area contributed by atoms with Crippen LogP contribution in [0.1, 0.15) is 5.69 Å². The third kappa shape index (κ3) is 4.86. The zero-order chi connectivity index (χ0) is 15.3. The van der Waals surface area contributed by atoms with E-state index in [9.17, 15) is 14.4 Å². The van der Waals surface area contributed by atoms with E-state index in [0.29, 0.717) is 18.0 Å². The van der Waals surface area contributed by atoms with E-state index in [4.69, 9.17) is 4.74 Å². The highest BCUT2D eigenvalue weighted by Gasteiger charge is 2.20. The molecule has 2 aromatic rings. The molecule has 1 aromatic carbocycles. The molecule has 112 valence electrons. The van der Waals surface area contributed by atoms with Gasteiger partial charge in [-0.3, -0.25) is 9.55 Å². The van der Waals surface area contributed by atoms with Gasteiger partial charge in [0.15, 0.2) is 0 Å². The minimum atomic E-state index is -4.18. The van der Waals surface area contributed by atoms with Crippen LogP contribution in [0.5, 0.6) is 5.75 Å². The zero-order valence-corrected chi connectivity index (χ0v) is 12.5. The first-order valence-electron chi connectivity index (χ1n) is 6.31. The molecule has 0 spiro atoms. The van der Waals surface area contributed by atoms with Gasteiger partial charge in [0.2, 0.25) is 0 Å². The van der Waals surface area contributed by atoms with Crippen molar-refractivity contribution in [2.75, 3.05) is 18.3 Å². The van der Waals surface area contributed by atoms with Crippen LogP contribution in [0.15, 0.2) is 48.7 Å². The Hall–Kier alpha value is -1.88. The van der Waals surface area contributed by atoms with E-state index in [1.165, 1.54) is 0 Å². The van der Waals surface area contributed by atoms with Gasteiger partial charge in [0, 0.05) is 11.9 Å². The second kappa shape index (κ2) is 6.72. The average molecular weight is 308 g/mol. The van der Waals surface area contributed by atoms with Crippen LogP contribution < -0.4 is 9.64 Å². The Labute approximate surface area is 123 Å². The third-order valence-electron chi connectivity index (χ3n) is 2.87. The molecule has 1 aromatic heterocycles. The lowest BCUT2D eigenvalue weighted by molar-refractivity contribution is 0.371. The highest BCUT2D eigenvalue weighted by molar-refractivity contribution is 7.51. The molecule has 0 fully saturated rings. The number of anilines is 1. The summed E-state index contributed by atoms with van der Waals surface area (Å²) in [6, 6.07) is 12.5. The smallest absolute Gasteiger partial charge is 0.344 e. The molecule has 0 radical (unpaired) electrons. The van der Waals surface area contributed by atoms with Crippen molar-refractivity contribution < 1.29 is 19.1 Å². The predicted molar refractivity (Wildman–Crippen MR) is 80.3 cm³/mol. The molecular formula is C14H17N2O4P. The van der Waals surface area contributed by atoms with Gasteiger partial charge in [-0.1, -0.05) is 6.07 Å². The van der Waals surface area contributed by atoms with E-state index in [2.05, 4.69) is 4.98 Å². The number of rotatable bonds is 6. The fourth-order valence-electron chi connectivity index (χ4n) is 1.93. The van der Waals surface area contributed by atoms with E-state index in [0.717, 1.165) is 5.69 Å². The summed E-state index contributed by atoms with van der Waals surface area (Å²) in [5.41, 5.74) is 1.44. The molecular weight excluding hydrogens is 291 g/mol. The summed E-state index contributed by atoms with van der Waals surface area (Å²) in [5, 5.41) is 0. The molecule has 21 heavy (non-hydrogen) atoms. The van der Waals surface area contributed by atoms with Gasteiger partial charge in [-0.25, -0.2) is 0 Å². The Bertz CT molecular complexity index is 613. The standard InChI is InChI=1S/C14H17N2O4P/c1-20-14-7-5-13(6-8-14)16(11-21(17,18)19)10-12-4-2-3-9-15-12/h2-9H,10-11H2,1H3,(H2,17,18,19). The maximum atomic E-state index is 11.3. The highest BCUT2D eigenvalue weighted by atomic mass is 31.2. The molecule has 0 bridgehead atoms. The molecule has 2 N–H and O–H groups in total. The Morgan fingerprint density at radius 3 is 2.43 bits per heavy atom. The van der Waals surface area contributed by atoms with Crippen molar-refractivity contribution in [3.05, 3.63) is 54.4 Å². The van der Waals surface area contributed by atoms with Crippen molar-refractivity contribution in [2.45, 2.75) is 6.54 Å². The summed E-state index contributed by atoms with van der Waals surface area (Å²) >= 11 is 0. The first kappa shape index (κ1) is 15.5. The summed E-state index contributed by atoms with van der Waals surface area (Å²) in [5.74, 6) is 0.688. The van der Waals surface area contributed by atoms with Crippen LogP contribution in [0.3, 0.4) is 0 Å². The van der Waals surface area contributed by atoms with Crippen LogP contribution in [0.4, 0.5) is 5.69 Å². The van der Waals surface area contributed by atoms with Gasteiger partial charge in [-0.2, -0.15) is 0 Å². The Morgan fingerprint density at radius 2 is 1.90 bits per heavy atom. The molecule has 0 amide bonds. The van der Waals surface area contributed by atoms with E-state index < -0.39 is 7.60 Å². The van der Waals surface area contributed by atoms with Crippen LogP contribution in [0, 0.1) is 0 Å². The molecule has 7 heteroatoms. The van der Waals surface area contributed by atoms with Crippen LogP contribution in [0.25, 0.3) is 0 Å². The summed E-state index contributed by atoms with van der Waals surface area (Å²) in [4.78, 5) is 24.3. The molecule has 2 rings (SSSR count). The van der Waals surface area contributed by atoms with E-state index in [-0.39, 0.29) is 6.29 Å². The van der Waals surface area contributed by atoms with Crippen molar-refractivity contribution in [3.8, 4) is 5.75 Å². The van der Waals surface area contributed by atoms with Crippen molar-refractivity contribution in [1.82, 2.24) is 4.98 Å². The van der Waals surface area contributed by atoms with Crippen LogP contribution in [0.2, 0.25) is 0 Å². The molecule has 1 heterocycles. The minimum absolute atomic E-state index is 0.318.